The molecule has 0 unspecified atom stereocenters. The summed E-state index contributed by atoms with van der Waals surface area (Å²) in [5.74, 6) is 1.83. The van der Waals surface area contributed by atoms with E-state index in [0.29, 0.717) is 56.7 Å². The Kier molecular flexibility index (Phi) is 5.36. The molecule has 0 N–H and O–H groups in total. The van der Waals surface area contributed by atoms with Crippen molar-refractivity contribution in [3.63, 3.8) is 0 Å². The van der Waals surface area contributed by atoms with Crippen molar-refractivity contribution < 1.29 is 23.7 Å². The summed E-state index contributed by atoms with van der Waals surface area (Å²) in [5.41, 5.74) is 3.12. The van der Waals surface area contributed by atoms with Crippen molar-refractivity contribution in [2.45, 2.75) is 19.1 Å². The highest BCUT2D eigenvalue weighted by Gasteiger charge is 2.32. The average Bonchev–Trinajstić information content (AvgIpc) is 3.42. The Labute approximate surface area is 192 Å². The van der Waals surface area contributed by atoms with Crippen LogP contribution in [0.1, 0.15) is 23.2 Å². The van der Waals surface area contributed by atoms with Gasteiger partial charge in [0.15, 0.2) is 17.8 Å². The summed E-state index contributed by atoms with van der Waals surface area (Å²) < 4.78 is 22.8. The Hall–Kier alpha value is -3.16. The highest BCUT2D eigenvalue weighted by molar-refractivity contribution is 6.07. The lowest BCUT2D eigenvalue weighted by atomic mass is 9.95. The number of hydrogen-bond acceptors (Lipinski definition) is 6. The molecule has 0 atom stereocenters. The summed E-state index contributed by atoms with van der Waals surface area (Å²) in [5, 5.41) is 0.869. The molecule has 0 aliphatic carbocycles. The first kappa shape index (κ1) is 20.4. The topological polar surface area (TPSA) is 70.1 Å². The Balaban J connectivity index is 1.31. The van der Waals surface area contributed by atoms with Crippen LogP contribution in [0.15, 0.2) is 48.5 Å². The van der Waals surface area contributed by atoms with E-state index in [0.717, 1.165) is 40.8 Å². The predicted molar refractivity (Wildman–Crippen MR) is 122 cm³/mol. The first-order valence-electron chi connectivity index (χ1n) is 11.6. The highest BCUT2D eigenvalue weighted by atomic mass is 16.7. The van der Waals surface area contributed by atoms with Crippen molar-refractivity contribution in [1.29, 1.82) is 0 Å². The van der Waals surface area contributed by atoms with Crippen LogP contribution in [0.3, 0.4) is 0 Å². The number of likely N-dealkylation sites (tertiary alicyclic amines) is 1. The number of nitrogens with zero attached hydrogens (tertiary/aromatic N) is 2. The molecule has 2 saturated heterocycles. The third-order valence-electron chi connectivity index (χ3n) is 6.64. The minimum absolute atomic E-state index is 0.0408. The van der Waals surface area contributed by atoms with E-state index in [1.165, 1.54) is 0 Å². The van der Waals surface area contributed by atoms with Crippen LogP contribution in [0.4, 0.5) is 0 Å². The van der Waals surface area contributed by atoms with Crippen LogP contribution in [0.5, 0.6) is 11.5 Å². The molecular formula is C26H26N2O5. The molecule has 0 bridgehead atoms. The van der Waals surface area contributed by atoms with E-state index in [-0.39, 0.29) is 12.2 Å². The first-order valence-corrected chi connectivity index (χ1v) is 11.6. The zero-order chi connectivity index (χ0) is 22.2. The molecule has 33 heavy (non-hydrogen) atoms. The number of para-hydroxylation sites is 1. The fourth-order valence-electron chi connectivity index (χ4n) is 4.90. The highest BCUT2D eigenvalue weighted by Crippen LogP contribution is 2.35. The van der Waals surface area contributed by atoms with Gasteiger partial charge in [-0.25, -0.2) is 4.98 Å². The number of fused-ring (bicyclic) bond motifs is 2. The number of ether oxygens (including phenoxy) is 4. The van der Waals surface area contributed by atoms with Crippen LogP contribution >= 0.6 is 0 Å². The van der Waals surface area contributed by atoms with Crippen LogP contribution in [0, 0.1) is 5.92 Å². The molecule has 2 aromatic carbocycles. The Bertz CT molecular complexity index is 1180. The molecule has 3 aromatic rings. The molecule has 0 saturated carbocycles. The maximum Gasteiger partial charge on any atom is 0.254 e. The number of amides is 1. The van der Waals surface area contributed by atoms with Crippen molar-refractivity contribution in [2.75, 3.05) is 39.5 Å². The number of benzene rings is 2. The van der Waals surface area contributed by atoms with E-state index in [9.17, 15) is 4.79 Å². The van der Waals surface area contributed by atoms with Crippen molar-refractivity contribution in [3.8, 4) is 22.8 Å². The number of piperidine rings is 1. The van der Waals surface area contributed by atoms with E-state index in [1.54, 1.807) is 0 Å². The minimum Gasteiger partial charge on any atom is -0.486 e. The smallest absolute Gasteiger partial charge is 0.254 e. The Morgan fingerprint density at radius 1 is 0.879 bits per heavy atom. The molecule has 170 valence electrons. The minimum atomic E-state index is -0.120. The molecule has 0 radical (unpaired) electrons. The van der Waals surface area contributed by atoms with E-state index in [2.05, 4.69) is 0 Å². The molecule has 1 amide bonds. The van der Waals surface area contributed by atoms with Crippen molar-refractivity contribution in [3.05, 3.63) is 54.1 Å². The zero-order valence-electron chi connectivity index (χ0n) is 18.4. The van der Waals surface area contributed by atoms with Gasteiger partial charge in [-0.3, -0.25) is 4.79 Å². The molecule has 7 nitrogen and oxygen atoms in total. The molecule has 3 aliphatic rings. The number of hydrogen-bond donors (Lipinski definition) is 0. The molecule has 4 heterocycles. The first-order chi connectivity index (χ1) is 16.3. The summed E-state index contributed by atoms with van der Waals surface area (Å²) in [7, 11) is 0. The number of pyridine rings is 1. The number of carbonyl (C=O) groups is 1. The normalized spacial score (nSPS) is 19.2. The van der Waals surface area contributed by atoms with Gasteiger partial charge in [0.05, 0.1) is 30.0 Å². The third kappa shape index (κ3) is 3.92. The van der Waals surface area contributed by atoms with E-state index in [4.69, 9.17) is 23.9 Å². The molecule has 6 rings (SSSR count). The summed E-state index contributed by atoms with van der Waals surface area (Å²) in [6.07, 6.45) is 1.65. The number of aromatic nitrogens is 1. The van der Waals surface area contributed by atoms with Gasteiger partial charge >= 0.3 is 0 Å². The maximum absolute atomic E-state index is 13.6. The quantitative estimate of drug-likeness (QED) is 0.608. The van der Waals surface area contributed by atoms with E-state index in [1.807, 2.05) is 53.4 Å². The molecule has 3 aliphatic heterocycles. The van der Waals surface area contributed by atoms with Crippen molar-refractivity contribution in [2.24, 2.45) is 5.92 Å². The Morgan fingerprint density at radius 3 is 2.45 bits per heavy atom. The third-order valence-corrected chi connectivity index (χ3v) is 6.64. The van der Waals surface area contributed by atoms with Gasteiger partial charge in [0, 0.05) is 30.0 Å². The standard InChI is InChI=1S/C26H26N2O5/c29-25(28-9-7-17(8-10-28)26-32-13-14-33-26)20-16-22(27-21-4-2-1-3-19(20)21)18-5-6-23-24(15-18)31-12-11-30-23/h1-6,15-17,26H,7-14H2. The van der Waals surface area contributed by atoms with Crippen LogP contribution in [-0.2, 0) is 9.47 Å². The summed E-state index contributed by atoms with van der Waals surface area (Å²) in [4.78, 5) is 20.4. The maximum atomic E-state index is 13.6. The summed E-state index contributed by atoms with van der Waals surface area (Å²) >= 11 is 0. The SMILES string of the molecule is O=C(c1cc(-c2ccc3c(c2)OCCO3)nc2ccccc12)N1CCC(C2OCCO2)CC1. The van der Waals surface area contributed by atoms with Gasteiger partial charge in [0.25, 0.3) is 5.91 Å². The Morgan fingerprint density at radius 2 is 1.64 bits per heavy atom. The van der Waals surface area contributed by atoms with Crippen LogP contribution < -0.4 is 9.47 Å². The number of carbonyl (C=O) groups excluding carboxylic acids is 1. The molecular weight excluding hydrogens is 420 g/mol. The van der Waals surface area contributed by atoms with Gasteiger partial charge in [-0.15, -0.1) is 0 Å². The molecule has 0 spiro atoms. The lowest BCUT2D eigenvalue weighted by Gasteiger charge is -2.34. The van der Waals surface area contributed by atoms with E-state index >= 15 is 0 Å². The fourth-order valence-corrected chi connectivity index (χ4v) is 4.90. The van der Waals surface area contributed by atoms with Gasteiger partial charge < -0.3 is 23.8 Å². The van der Waals surface area contributed by atoms with Gasteiger partial charge in [-0.1, -0.05) is 18.2 Å². The van der Waals surface area contributed by atoms with Gasteiger partial charge in [-0.2, -0.15) is 0 Å². The monoisotopic (exact) mass is 446 g/mol. The van der Waals surface area contributed by atoms with Gasteiger partial charge in [-0.05, 0) is 43.2 Å². The predicted octanol–water partition coefficient (Wildman–Crippen LogP) is 3.90. The second kappa shape index (κ2) is 8.65. The second-order valence-corrected chi connectivity index (χ2v) is 8.67. The zero-order valence-corrected chi connectivity index (χ0v) is 18.4. The molecule has 1 aromatic heterocycles. The van der Waals surface area contributed by atoms with Crippen molar-refractivity contribution >= 4 is 16.8 Å². The van der Waals surface area contributed by atoms with Crippen LogP contribution in [0.2, 0.25) is 0 Å². The lowest BCUT2D eigenvalue weighted by molar-refractivity contribution is -0.0956. The summed E-state index contributed by atoms with van der Waals surface area (Å²) in [6.45, 7) is 3.80. The van der Waals surface area contributed by atoms with E-state index < -0.39 is 0 Å². The van der Waals surface area contributed by atoms with Gasteiger partial charge in [0.2, 0.25) is 0 Å². The lowest BCUT2D eigenvalue weighted by Crippen LogP contribution is -2.41. The molecule has 2 fully saturated rings. The summed E-state index contributed by atoms with van der Waals surface area (Å²) in [6, 6.07) is 15.5. The van der Waals surface area contributed by atoms with Gasteiger partial charge in [0.1, 0.15) is 13.2 Å². The largest absolute Gasteiger partial charge is 0.486 e. The van der Waals surface area contributed by atoms with Crippen LogP contribution in [0.25, 0.3) is 22.2 Å². The van der Waals surface area contributed by atoms with Crippen molar-refractivity contribution in [1.82, 2.24) is 9.88 Å². The van der Waals surface area contributed by atoms with Crippen LogP contribution in [-0.4, -0.2) is 61.6 Å². The fraction of sp³-hybridized carbons (Fsp3) is 0.385. The second-order valence-electron chi connectivity index (χ2n) is 8.67. The number of rotatable bonds is 3. The molecule has 7 heteroatoms. The average molecular weight is 447 g/mol.